The van der Waals surface area contributed by atoms with Crippen LogP contribution in [-0.2, 0) is 0 Å². The van der Waals surface area contributed by atoms with Crippen LogP contribution in [0.2, 0.25) is 0 Å². The molecule has 0 radical (unpaired) electrons. The molecule has 0 amide bonds. The number of rotatable bonds is 1. The fraction of sp³-hybridized carbons (Fsp3) is 0.500. The predicted molar refractivity (Wildman–Crippen MR) is 65.8 cm³/mol. The second-order valence-electron chi connectivity index (χ2n) is 3.82. The lowest BCUT2D eigenvalue weighted by atomic mass is 9.85. The summed E-state index contributed by atoms with van der Waals surface area (Å²) in [7, 11) is 0. The summed E-state index contributed by atoms with van der Waals surface area (Å²) in [6.07, 6.45) is 12.2. The van der Waals surface area contributed by atoms with Crippen molar-refractivity contribution < 1.29 is 0 Å². The first-order valence-corrected chi connectivity index (χ1v) is 6.68. The molecule has 1 heterocycles. The van der Waals surface area contributed by atoms with Crippen LogP contribution >= 0.6 is 27.3 Å². The minimum absolute atomic E-state index is 0.747. The van der Waals surface area contributed by atoms with Crippen molar-refractivity contribution in [3.63, 3.8) is 0 Å². The van der Waals surface area contributed by atoms with Crippen LogP contribution in [0.5, 0.6) is 0 Å². The van der Waals surface area contributed by atoms with Gasteiger partial charge in [0.1, 0.15) is 0 Å². The Labute approximate surface area is 97.9 Å². The Kier molecular flexibility index (Phi) is 3.30. The Balaban J connectivity index is 2.22. The zero-order chi connectivity index (χ0) is 9.97. The predicted octanol–water partition coefficient (Wildman–Crippen LogP) is 4.54. The van der Waals surface area contributed by atoms with Gasteiger partial charge in [-0.05, 0) is 46.3 Å². The molecule has 0 N–H and O–H groups in total. The van der Waals surface area contributed by atoms with Crippen molar-refractivity contribution in [2.24, 2.45) is 0 Å². The van der Waals surface area contributed by atoms with Gasteiger partial charge in [-0.15, -0.1) is 17.8 Å². The average Bonchev–Trinajstić information content (AvgIpc) is 2.61. The molecule has 1 aromatic heterocycles. The Bertz CT molecular complexity index is 353. The summed E-state index contributed by atoms with van der Waals surface area (Å²) in [6, 6.07) is 2.19. The van der Waals surface area contributed by atoms with Gasteiger partial charge in [-0.2, -0.15) is 0 Å². The molecule has 2 rings (SSSR count). The number of halogens is 1. The van der Waals surface area contributed by atoms with Gasteiger partial charge in [-0.1, -0.05) is 25.2 Å². The highest BCUT2D eigenvalue weighted by Crippen LogP contribution is 2.40. The largest absolute Gasteiger partial charge is 0.119 e. The molecule has 14 heavy (non-hydrogen) atoms. The third-order valence-electron chi connectivity index (χ3n) is 2.90. The summed E-state index contributed by atoms with van der Waals surface area (Å²) in [5, 5.41) is 0. The van der Waals surface area contributed by atoms with Crippen LogP contribution in [0.3, 0.4) is 0 Å². The number of terminal acetylenes is 1. The molecule has 0 spiro atoms. The second-order valence-corrected chi connectivity index (χ2v) is 6.19. The van der Waals surface area contributed by atoms with Crippen LogP contribution in [0.4, 0.5) is 0 Å². The maximum Gasteiger partial charge on any atom is 0.0780 e. The van der Waals surface area contributed by atoms with Crippen LogP contribution in [0.25, 0.3) is 0 Å². The van der Waals surface area contributed by atoms with E-state index in [2.05, 4.69) is 27.9 Å². The highest BCUT2D eigenvalue weighted by Gasteiger charge is 2.19. The standard InChI is InChI=1S/C12H13BrS/c1-2-10-8-11(12(13)14-10)9-6-4-3-5-7-9/h1,8-9H,3-7H2. The maximum absolute atomic E-state index is 5.40. The number of hydrogen-bond donors (Lipinski definition) is 0. The summed E-state index contributed by atoms with van der Waals surface area (Å²) in [5.74, 6) is 3.46. The number of hydrogen-bond acceptors (Lipinski definition) is 1. The van der Waals surface area contributed by atoms with Crippen molar-refractivity contribution in [1.82, 2.24) is 0 Å². The molecule has 1 saturated carbocycles. The first kappa shape index (κ1) is 10.3. The Morgan fingerprint density at radius 3 is 2.64 bits per heavy atom. The lowest BCUT2D eigenvalue weighted by molar-refractivity contribution is 0.443. The second kappa shape index (κ2) is 4.51. The van der Waals surface area contributed by atoms with Gasteiger partial charge < -0.3 is 0 Å². The van der Waals surface area contributed by atoms with E-state index >= 15 is 0 Å². The van der Waals surface area contributed by atoms with Gasteiger partial charge in [0.2, 0.25) is 0 Å². The Hall–Kier alpha value is -0.260. The lowest BCUT2D eigenvalue weighted by Gasteiger charge is -2.21. The molecule has 1 aromatic rings. The quantitative estimate of drug-likeness (QED) is 0.656. The van der Waals surface area contributed by atoms with Crippen molar-refractivity contribution in [2.75, 3.05) is 0 Å². The van der Waals surface area contributed by atoms with Crippen LogP contribution in [0.1, 0.15) is 48.5 Å². The molecule has 0 nitrogen and oxygen atoms in total. The summed E-state index contributed by atoms with van der Waals surface area (Å²) in [5.41, 5.74) is 1.45. The lowest BCUT2D eigenvalue weighted by Crippen LogP contribution is -2.03. The van der Waals surface area contributed by atoms with Crippen LogP contribution in [0.15, 0.2) is 9.85 Å². The zero-order valence-corrected chi connectivity index (χ0v) is 10.5. The molecule has 1 fully saturated rings. The summed E-state index contributed by atoms with van der Waals surface area (Å²) < 4.78 is 1.25. The van der Waals surface area contributed by atoms with Gasteiger partial charge >= 0.3 is 0 Å². The van der Waals surface area contributed by atoms with E-state index in [9.17, 15) is 0 Å². The first-order chi connectivity index (χ1) is 6.81. The molecule has 1 aliphatic carbocycles. The molecule has 0 unspecified atom stereocenters. The van der Waals surface area contributed by atoms with E-state index in [1.54, 1.807) is 11.3 Å². The fourth-order valence-electron chi connectivity index (χ4n) is 2.15. The van der Waals surface area contributed by atoms with Gasteiger partial charge in [0.15, 0.2) is 0 Å². The smallest absolute Gasteiger partial charge is 0.0780 e. The molecule has 0 aliphatic heterocycles. The molecule has 0 atom stereocenters. The van der Waals surface area contributed by atoms with Crippen LogP contribution in [0, 0.1) is 12.3 Å². The molecule has 74 valence electrons. The Morgan fingerprint density at radius 1 is 1.36 bits per heavy atom. The van der Waals surface area contributed by atoms with Crippen molar-refractivity contribution >= 4 is 27.3 Å². The minimum Gasteiger partial charge on any atom is -0.119 e. The van der Waals surface area contributed by atoms with Crippen molar-refractivity contribution in [3.05, 3.63) is 20.3 Å². The molecule has 0 aromatic carbocycles. The van der Waals surface area contributed by atoms with Crippen LogP contribution < -0.4 is 0 Å². The highest BCUT2D eigenvalue weighted by molar-refractivity contribution is 9.11. The van der Waals surface area contributed by atoms with Crippen LogP contribution in [-0.4, -0.2) is 0 Å². The zero-order valence-electron chi connectivity index (χ0n) is 8.05. The van der Waals surface area contributed by atoms with E-state index in [-0.39, 0.29) is 0 Å². The molecule has 1 aliphatic rings. The number of thiophene rings is 1. The molecular formula is C12H13BrS. The Morgan fingerprint density at radius 2 is 2.07 bits per heavy atom. The van der Waals surface area contributed by atoms with E-state index < -0.39 is 0 Å². The van der Waals surface area contributed by atoms with Gasteiger partial charge in [0.05, 0.1) is 8.66 Å². The van der Waals surface area contributed by atoms with E-state index in [0.717, 1.165) is 10.8 Å². The van der Waals surface area contributed by atoms with Crippen molar-refractivity contribution in [3.8, 4) is 12.3 Å². The topological polar surface area (TPSA) is 0 Å². The third kappa shape index (κ3) is 2.04. The van der Waals surface area contributed by atoms with Gasteiger partial charge in [0, 0.05) is 0 Å². The van der Waals surface area contributed by atoms with E-state index in [4.69, 9.17) is 6.42 Å². The van der Waals surface area contributed by atoms with Gasteiger partial charge in [-0.3, -0.25) is 0 Å². The monoisotopic (exact) mass is 268 g/mol. The van der Waals surface area contributed by atoms with E-state index in [0.29, 0.717) is 0 Å². The maximum atomic E-state index is 5.40. The normalized spacial score (nSPS) is 18.0. The summed E-state index contributed by atoms with van der Waals surface area (Å²) in [4.78, 5) is 1.05. The first-order valence-electron chi connectivity index (χ1n) is 5.07. The van der Waals surface area contributed by atoms with Crippen molar-refractivity contribution in [1.29, 1.82) is 0 Å². The molecule has 2 heteroatoms. The molecule has 0 bridgehead atoms. The third-order valence-corrected chi connectivity index (χ3v) is 4.71. The fourth-order valence-corrected chi connectivity index (χ4v) is 3.89. The van der Waals surface area contributed by atoms with Crippen molar-refractivity contribution in [2.45, 2.75) is 38.0 Å². The van der Waals surface area contributed by atoms with E-state index in [1.165, 1.54) is 41.5 Å². The average molecular weight is 269 g/mol. The van der Waals surface area contributed by atoms with Gasteiger partial charge in [-0.25, -0.2) is 0 Å². The minimum atomic E-state index is 0.747. The summed E-state index contributed by atoms with van der Waals surface area (Å²) in [6.45, 7) is 0. The summed E-state index contributed by atoms with van der Waals surface area (Å²) >= 11 is 5.30. The SMILES string of the molecule is C#Cc1cc(C2CCCCC2)c(Br)s1. The highest BCUT2D eigenvalue weighted by atomic mass is 79.9. The molecular weight excluding hydrogens is 256 g/mol. The van der Waals surface area contributed by atoms with E-state index in [1.807, 2.05) is 0 Å². The molecule has 0 saturated heterocycles. The van der Waals surface area contributed by atoms with Gasteiger partial charge in [0.25, 0.3) is 0 Å².